The zero-order valence-corrected chi connectivity index (χ0v) is 15.5. The maximum Gasteiger partial charge on any atom is 0.309 e. The van der Waals surface area contributed by atoms with Gasteiger partial charge in [-0.1, -0.05) is 13.8 Å². The summed E-state index contributed by atoms with van der Waals surface area (Å²) in [6.45, 7) is 4.12. The van der Waals surface area contributed by atoms with Gasteiger partial charge in [-0.2, -0.15) is 5.26 Å². The molecule has 5 nitrogen and oxygen atoms in total. The minimum atomic E-state index is -0.486. The number of nitrogens with zero attached hydrogens (tertiary/aromatic N) is 1. The highest BCUT2D eigenvalue weighted by Gasteiger charge is 2.59. The van der Waals surface area contributed by atoms with Crippen molar-refractivity contribution in [3.63, 3.8) is 0 Å². The van der Waals surface area contributed by atoms with Gasteiger partial charge in [0, 0.05) is 11.8 Å². The molecule has 7 atom stereocenters. The third kappa shape index (κ3) is 2.70. The number of nitriles is 1. The van der Waals surface area contributed by atoms with E-state index in [0.29, 0.717) is 31.5 Å². The van der Waals surface area contributed by atoms with Crippen LogP contribution in [0.1, 0.15) is 58.8 Å². The Morgan fingerprint density at radius 2 is 1.96 bits per heavy atom. The minimum Gasteiger partial charge on any atom is -0.469 e. The Balaban J connectivity index is 1.95. The molecule has 0 saturated heterocycles. The number of esters is 1. The topological polar surface area (TPSA) is 87.4 Å². The van der Waals surface area contributed by atoms with Crippen LogP contribution in [-0.2, 0) is 14.3 Å². The monoisotopic (exact) mass is 347 g/mol. The van der Waals surface area contributed by atoms with Crippen molar-refractivity contribution in [2.45, 2.75) is 64.9 Å². The first kappa shape index (κ1) is 18.4. The Hall–Kier alpha value is -1.41. The van der Waals surface area contributed by atoms with Crippen molar-refractivity contribution in [2.24, 2.45) is 34.5 Å². The smallest absolute Gasteiger partial charge is 0.309 e. The predicted octanol–water partition coefficient (Wildman–Crippen LogP) is 2.86. The van der Waals surface area contributed by atoms with E-state index < -0.39 is 6.10 Å². The Kier molecular flexibility index (Phi) is 4.70. The molecule has 0 aromatic rings. The minimum absolute atomic E-state index is 0.0677. The first-order chi connectivity index (χ1) is 11.8. The number of aliphatic hydroxyl groups excluding tert-OH is 1. The van der Waals surface area contributed by atoms with Crippen molar-refractivity contribution in [3.8, 4) is 6.07 Å². The summed E-state index contributed by atoms with van der Waals surface area (Å²) in [4.78, 5) is 24.8. The number of methoxy groups -OCH3 is 1. The van der Waals surface area contributed by atoms with Gasteiger partial charge in [0.25, 0.3) is 0 Å². The van der Waals surface area contributed by atoms with Crippen molar-refractivity contribution in [2.75, 3.05) is 7.11 Å². The molecule has 3 aliphatic carbocycles. The van der Waals surface area contributed by atoms with Crippen LogP contribution in [0.3, 0.4) is 0 Å². The number of carbonyl (C=O) groups excluding carboxylic acids is 2. The molecular formula is C20H29NO4. The van der Waals surface area contributed by atoms with Gasteiger partial charge in [0.2, 0.25) is 0 Å². The lowest BCUT2D eigenvalue weighted by atomic mass is 9.49. The van der Waals surface area contributed by atoms with Gasteiger partial charge in [0.05, 0.1) is 31.1 Å². The molecule has 5 heteroatoms. The van der Waals surface area contributed by atoms with Crippen molar-refractivity contribution in [3.05, 3.63) is 0 Å². The summed E-state index contributed by atoms with van der Waals surface area (Å²) in [7, 11) is 1.39. The van der Waals surface area contributed by atoms with Gasteiger partial charge >= 0.3 is 5.97 Å². The second-order valence-electron chi connectivity index (χ2n) is 8.80. The van der Waals surface area contributed by atoms with Crippen LogP contribution in [0.5, 0.6) is 0 Å². The fourth-order valence-corrected chi connectivity index (χ4v) is 6.10. The molecule has 0 amide bonds. The lowest BCUT2D eigenvalue weighted by molar-refractivity contribution is -0.162. The highest BCUT2D eigenvalue weighted by atomic mass is 16.5. The van der Waals surface area contributed by atoms with Crippen LogP contribution in [0.2, 0.25) is 0 Å². The van der Waals surface area contributed by atoms with E-state index in [9.17, 15) is 20.0 Å². The molecule has 1 N–H and O–H groups in total. The average molecular weight is 347 g/mol. The highest BCUT2D eigenvalue weighted by Crippen LogP contribution is 2.61. The van der Waals surface area contributed by atoms with Crippen LogP contribution in [0.25, 0.3) is 0 Å². The number of aliphatic hydroxyl groups is 1. The second-order valence-corrected chi connectivity index (χ2v) is 8.80. The Morgan fingerprint density at radius 1 is 1.24 bits per heavy atom. The van der Waals surface area contributed by atoms with E-state index in [2.05, 4.69) is 13.0 Å². The molecule has 3 fully saturated rings. The zero-order chi connectivity index (χ0) is 18.4. The second kappa shape index (κ2) is 6.39. The maximum absolute atomic E-state index is 12.4. The van der Waals surface area contributed by atoms with Crippen LogP contribution in [0.4, 0.5) is 0 Å². The van der Waals surface area contributed by atoms with Crippen molar-refractivity contribution in [1.82, 2.24) is 0 Å². The molecule has 25 heavy (non-hydrogen) atoms. The average Bonchev–Trinajstić information content (AvgIpc) is 2.90. The van der Waals surface area contributed by atoms with Crippen molar-refractivity contribution in [1.29, 1.82) is 5.26 Å². The summed E-state index contributed by atoms with van der Waals surface area (Å²) >= 11 is 0. The Bertz CT molecular complexity index is 611. The number of hydrogen-bond acceptors (Lipinski definition) is 5. The number of Topliss-reactive ketones (excluding diaryl/α,β-unsaturated/α-hetero) is 1. The maximum atomic E-state index is 12.4. The molecule has 138 valence electrons. The van der Waals surface area contributed by atoms with Crippen molar-refractivity contribution < 1.29 is 19.4 Å². The van der Waals surface area contributed by atoms with E-state index in [4.69, 9.17) is 4.74 Å². The molecule has 0 aliphatic heterocycles. The van der Waals surface area contributed by atoms with Gasteiger partial charge in [-0.15, -0.1) is 0 Å². The number of ketones is 1. The normalized spacial score (nSPS) is 47.0. The van der Waals surface area contributed by atoms with E-state index in [0.717, 1.165) is 19.3 Å². The molecule has 0 aromatic carbocycles. The van der Waals surface area contributed by atoms with Gasteiger partial charge in [-0.25, -0.2) is 0 Å². The van der Waals surface area contributed by atoms with Crippen molar-refractivity contribution >= 4 is 11.8 Å². The lowest BCUT2D eigenvalue weighted by Gasteiger charge is -2.53. The Labute approximate surface area is 149 Å². The molecule has 3 aliphatic rings. The molecule has 0 heterocycles. The fourth-order valence-electron chi connectivity index (χ4n) is 6.10. The standard InChI is InChI=1S/C20H29NO4/c1-19(8-6-12(22)10-16(19)18(24)25-3)15-7-9-20(2)14(13(15)11-21)4-5-17(20)23/h12-16,22H,4-10H2,1-3H3/t12-,13-,14-,15-,16+,19+,20-/m0/s1. The van der Waals surface area contributed by atoms with E-state index in [1.165, 1.54) is 7.11 Å². The van der Waals surface area contributed by atoms with Crippen LogP contribution < -0.4 is 0 Å². The van der Waals surface area contributed by atoms with Gasteiger partial charge in [-0.05, 0) is 55.8 Å². The molecule has 3 rings (SSSR count). The number of ether oxygens (including phenoxy) is 1. The van der Waals surface area contributed by atoms with Crippen LogP contribution in [0.15, 0.2) is 0 Å². The molecule has 0 bridgehead atoms. The number of hydrogen-bond donors (Lipinski definition) is 1. The van der Waals surface area contributed by atoms with Gasteiger partial charge in [-0.3, -0.25) is 9.59 Å². The van der Waals surface area contributed by atoms with E-state index >= 15 is 0 Å². The summed E-state index contributed by atoms with van der Waals surface area (Å²) in [5, 5.41) is 20.0. The highest BCUT2D eigenvalue weighted by molar-refractivity contribution is 5.87. The van der Waals surface area contributed by atoms with Gasteiger partial charge in [0.15, 0.2) is 0 Å². The van der Waals surface area contributed by atoms with Crippen LogP contribution >= 0.6 is 0 Å². The molecule has 3 saturated carbocycles. The summed E-state index contributed by atoms with van der Waals surface area (Å²) in [6, 6.07) is 2.52. The molecule has 0 spiro atoms. The molecule has 0 unspecified atom stereocenters. The van der Waals surface area contributed by atoms with Crippen LogP contribution in [0, 0.1) is 45.8 Å². The summed E-state index contributed by atoms with van der Waals surface area (Å²) in [5.41, 5.74) is -0.734. The number of rotatable bonds is 2. The van der Waals surface area contributed by atoms with E-state index in [1.807, 2.05) is 6.92 Å². The quantitative estimate of drug-likeness (QED) is 0.776. The third-order valence-corrected chi connectivity index (χ3v) is 7.78. The summed E-state index contributed by atoms with van der Waals surface area (Å²) in [6.07, 6.45) is 4.22. The zero-order valence-electron chi connectivity index (χ0n) is 15.5. The summed E-state index contributed by atoms with van der Waals surface area (Å²) < 4.78 is 5.03. The number of fused-ring (bicyclic) bond motifs is 1. The Morgan fingerprint density at radius 3 is 2.60 bits per heavy atom. The van der Waals surface area contributed by atoms with Gasteiger partial charge in [0.1, 0.15) is 5.78 Å². The fraction of sp³-hybridized carbons (Fsp3) is 0.850. The molecule has 0 radical (unpaired) electrons. The number of carbonyl (C=O) groups is 2. The molecule has 0 aromatic heterocycles. The lowest BCUT2D eigenvalue weighted by Crippen LogP contribution is -2.52. The van der Waals surface area contributed by atoms with Gasteiger partial charge < -0.3 is 9.84 Å². The SMILES string of the molecule is COC(=O)[C@H]1C[C@@H](O)CC[C@]1(C)[C@H]1CC[C@]2(C)C(=O)CC[C@H]2[C@@H]1C#N. The van der Waals surface area contributed by atoms with Crippen LogP contribution in [-0.4, -0.2) is 30.1 Å². The predicted molar refractivity (Wildman–Crippen MR) is 91.1 cm³/mol. The van der Waals surface area contributed by atoms with E-state index in [-0.39, 0.29) is 40.5 Å². The van der Waals surface area contributed by atoms with E-state index in [1.54, 1.807) is 0 Å². The first-order valence-electron chi connectivity index (χ1n) is 9.46. The molecular weight excluding hydrogens is 318 g/mol. The summed E-state index contributed by atoms with van der Waals surface area (Å²) in [5.74, 6) is -0.427. The first-order valence-corrected chi connectivity index (χ1v) is 9.46. The third-order valence-electron chi connectivity index (χ3n) is 7.78. The largest absolute Gasteiger partial charge is 0.469 e.